The highest BCUT2D eigenvalue weighted by molar-refractivity contribution is 7.15. The van der Waals surface area contributed by atoms with Crippen molar-refractivity contribution in [3.05, 3.63) is 75.7 Å². The number of fused-ring (bicyclic) bond motifs is 2. The first-order chi connectivity index (χ1) is 15.0. The number of pyridine rings is 1. The van der Waals surface area contributed by atoms with E-state index < -0.39 is 0 Å². The first kappa shape index (κ1) is 19.5. The lowest BCUT2D eigenvalue weighted by molar-refractivity contribution is 0.0729. The molecule has 0 fully saturated rings. The number of thiazole rings is 1. The van der Waals surface area contributed by atoms with E-state index in [1.165, 1.54) is 17.6 Å². The topological polar surface area (TPSA) is 92.7 Å². The molecule has 0 saturated heterocycles. The molecule has 5 heterocycles. The third-order valence-corrected chi connectivity index (χ3v) is 6.50. The van der Waals surface area contributed by atoms with E-state index in [1.807, 2.05) is 34.0 Å². The number of furan rings is 1. The van der Waals surface area contributed by atoms with E-state index in [0.717, 1.165) is 27.3 Å². The molecular weight excluding hydrogens is 414 g/mol. The summed E-state index contributed by atoms with van der Waals surface area (Å²) in [5.41, 5.74) is 5.06. The minimum absolute atomic E-state index is 0.0765. The normalized spacial score (nSPS) is 13.4. The van der Waals surface area contributed by atoms with Crippen molar-refractivity contribution in [2.24, 2.45) is 0 Å². The first-order valence-corrected chi connectivity index (χ1v) is 10.9. The summed E-state index contributed by atoms with van der Waals surface area (Å²) >= 11 is 1.50. The maximum atomic E-state index is 13.0. The standard InChI is InChI=1S/C22H21N5O3S/c1-13-18(10-24-20(28)16-4-7-30-14(16)2)17-3-5-26(11-15(17)9-23-13)21(29)19-12-27-6-8-31-22(27)25-19/h4,6-9,12H,3,5,10-11H2,1-2H3,(H,24,28). The van der Waals surface area contributed by atoms with Gasteiger partial charge in [0.15, 0.2) is 4.96 Å². The molecule has 0 atom stereocenters. The number of hydrogen-bond donors (Lipinski definition) is 1. The lowest BCUT2D eigenvalue weighted by Crippen LogP contribution is -2.37. The summed E-state index contributed by atoms with van der Waals surface area (Å²) in [5, 5.41) is 4.91. The second-order valence-corrected chi connectivity index (χ2v) is 8.47. The summed E-state index contributed by atoms with van der Waals surface area (Å²) in [7, 11) is 0. The molecule has 9 heteroatoms. The van der Waals surface area contributed by atoms with Crippen LogP contribution in [0.1, 0.15) is 49.0 Å². The number of carbonyl (C=O) groups is 2. The quantitative estimate of drug-likeness (QED) is 0.532. The maximum absolute atomic E-state index is 13.0. The van der Waals surface area contributed by atoms with Gasteiger partial charge < -0.3 is 14.6 Å². The van der Waals surface area contributed by atoms with Crippen LogP contribution in [0.3, 0.4) is 0 Å². The molecule has 1 N–H and O–H groups in total. The summed E-state index contributed by atoms with van der Waals surface area (Å²) in [6.07, 6.45) is 7.73. The molecule has 2 amide bonds. The Morgan fingerprint density at radius 1 is 1.32 bits per heavy atom. The van der Waals surface area contributed by atoms with Gasteiger partial charge in [0, 0.05) is 49.3 Å². The van der Waals surface area contributed by atoms with Crippen LogP contribution < -0.4 is 5.32 Å². The zero-order valence-corrected chi connectivity index (χ0v) is 18.0. The molecule has 8 nitrogen and oxygen atoms in total. The summed E-state index contributed by atoms with van der Waals surface area (Å²) in [5.74, 6) is 0.346. The van der Waals surface area contributed by atoms with E-state index in [4.69, 9.17) is 4.42 Å². The van der Waals surface area contributed by atoms with E-state index in [0.29, 0.717) is 43.1 Å². The summed E-state index contributed by atoms with van der Waals surface area (Å²) in [4.78, 5) is 37.0. The number of aryl methyl sites for hydroxylation is 2. The van der Waals surface area contributed by atoms with Crippen molar-refractivity contribution in [3.63, 3.8) is 0 Å². The Labute approximate surface area is 182 Å². The fourth-order valence-corrected chi connectivity index (χ4v) is 4.71. The molecule has 5 rings (SSSR count). The van der Waals surface area contributed by atoms with Gasteiger partial charge in [-0.25, -0.2) is 4.98 Å². The minimum atomic E-state index is -0.171. The lowest BCUT2D eigenvalue weighted by Gasteiger charge is -2.30. The minimum Gasteiger partial charge on any atom is -0.469 e. The average molecular weight is 436 g/mol. The van der Waals surface area contributed by atoms with Crippen molar-refractivity contribution < 1.29 is 14.0 Å². The molecule has 0 aromatic carbocycles. The highest BCUT2D eigenvalue weighted by atomic mass is 32.1. The number of aromatic nitrogens is 3. The number of rotatable bonds is 4. The third-order valence-electron chi connectivity index (χ3n) is 5.72. The Kier molecular flexibility index (Phi) is 4.82. The van der Waals surface area contributed by atoms with Gasteiger partial charge in [-0.15, -0.1) is 11.3 Å². The second-order valence-electron chi connectivity index (χ2n) is 7.59. The van der Waals surface area contributed by atoms with Crippen molar-refractivity contribution in [3.8, 4) is 0 Å². The van der Waals surface area contributed by atoms with E-state index in [-0.39, 0.29) is 11.8 Å². The van der Waals surface area contributed by atoms with Crippen LogP contribution in [-0.2, 0) is 19.5 Å². The Balaban J connectivity index is 1.34. The Hall–Kier alpha value is -3.46. The lowest BCUT2D eigenvalue weighted by atomic mass is 9.94. The number of imidazole rings is 1. The van der Waals surface area contributed by atoms with Gasteiger partial charge in [-0.3, -0.25) is 19.0 Å². The molecule has 158 valence electrons. The highest BCUT2D eigenvalue weighted by Gasteiger charge is 2.26. The monoisotopic (exact) mass is 435 g/mol. The van der Waals surface area contributed by atoms with Crippen LogP contribution in [0.2, 0.25) is 0 Å². The van der Waals surface area contributed by atoms with Gasteiger partial charge in [0.25, 0.3) is 11.8 Å². The SMILES string of the molecule is Cc1ncc2c(c1CNC(=O)c1ccoc1C)CCN(C(=O)c1cn3ccsc3n1)C2. The zero-order chi connectivity index (χ0) is 21.5. The zero-order valence-electron chi connectivity index (χ0n) is 17.2. The smallest absolute Gasteiger partial charge is 0.274 e. The number of hydrogen-bond acceptors (Lipinski definition) is 6. The number of nitrogens with one attached hydrogen (secondary N) is 1. The molecule has 0 unspecified atom stereocenters. The summed E-state index contributed by atoms with van der Waals surface area (Å²) in [6.45, 7) is 5.18. The van der Waals surface area contributed by atoms with Crippen molar-refractivity contribution >= 4 is 28.1 Å². The fraction of sp³-hybridized carbons (Fsp3) is 0.273. The Morgan fingerprint density at radius 2 is 2.19 bits per heavy atom. The van der Waals surface area contributed by atoms with Crippen molar-refractivity contribution in [1.29, 1.82) is 0 Å². The highest BCUT2D eigenvalue weighted by Crippen LogP contribution is 2.25. The summed E-state index contributed by atoms with van der Waals surface area (Å²) < 4.78 is 7.08. The van der Waals surface area contributed by atoms with Crippen molar-refractivity contribution in [1.82, 2.24) is 24.6 Å². The predicted molar refractivity (Wildman–Crippen MR) is 115 cm³/mol. The van der Waals surface area contributed by atoms with Crippen LogP contribution in [0.15, 0.2) is 40.7 Å². The number of amides is 2. The van der Waals surface area contributed by atoms with Crippen LogP contribution in [0.4, 0.5) is 0 Å². The van der Waals surface area contributed by atoms with Gasteiger partial charge in [0.2, 0.25) is 0 Å². The van der Waals surface area contributed by atoms with Gasteiger partial charge in [0.05, 0.1) is 11.8 Å². The molecule has 0 spiro atoms. The number of carbonyl (C=O) groups excluding carboxylic acids is 2. The molecular formula is C22H21N5O3S. The van der Waals surface area contributed by atoms with Crippen LogP contribution in [0.25, 0.3) is 4.96 Å². The second kappa shape index (κ2) is 7.66. The Bertz CT molecular complexity index is 1270. The van der Waals surface area contributed by atoms with Crippen molar-refractivity contribution in [2.45, 2.75) is 33.4 Å². The molecule has 0 aliphatic carbocycles. The van der Waals surface area contributed by atoms with Gasteiger partial charge in [0.1, 0.15) is 11.5 Å². The van der Waals surface area contributed by atoms with Crippen LogP contribution in [-0.4, -0.2) is 37.6 Å². The molecule has 0 bridgehead atoms. The number of nitrogens with zero attached hydrogens (tertiary/aromatic N) is 4. The molecule has 1 aliphatic heterocycles. The Morgan fingerprint density at radius 3 is 2.97 bits per heavy atom. The van der Waals surface area contributed by atoms with Gasteiger partial charge in [-0.2, -0.15) is 0 Å². The van der Waals surface area contributed by atoms with Crippen molar-refractivity contribution in [2.75, 3.05) is 6.54 Å². The fourth-order valence-electron chi connectivity index (χ4n) is 4.01. The van der Waals surface area contributed by atoms with E-state index in [1.54, 1.807) is 19.2 Å². The van der Waals surface area contributed by atoms with Gasteiger partial charge in [-0.1, -0.05) is 0 Å². The van der Waals surface area contributed by atoms with E-state index >= 15 is 0 Å². The van der Waals surface area contributed by atoms with Gasteiger partial charge >= 0.3 is 0 Å². The molecule has 31 heavy (non-hydrogen) atoms. The van der Waals surface area contributed by atoms with E-state index in [9.17, 15) is 9.59 Å². The molecule has 0 saturated carbocycles. The van der Waals surface area contributed by atoms with Crippen LogP contribution in [0.5, 0.6) is 0 Å². The molecule has 1 aliphatic rings. The first-order valence-electron chi connectivity index (χ1n) is 10.0. The molecule has 0 radical (unpaired) electrons. The third kappa shape index (κ3) is 3.50. The predicted octanol–water partition coefficient (Wildman–Crippen LogP) is 3.13. The van der Waals surface area contributed by atoms with Crippen LogP contribution in [0, 0.1) is 13.8 Å². The van der Waals surface area contributed by atoms with Crippen LogP contribution >= 0.6 is 11.3 Å². The van der Waals surface area contributed by atoms with Gasteiger partial charge in [-0.05, 0) is 43.0 Å². The van der Waals surface area contributed by atoms with E-state index in [2.05, 4.69) is 15.3 Å². The largest absolute Gasteiger partial charge is 0.469 e. The molecule has 4 aromatic heterocycles. The maximum Gasteiger partial charge on any atom is 0.274 e. The summed E-state index contributed by atoms with van der Waals surface area (Å²) in [6, 6.07) is 1.67. The average Bonchev–Trinajstić information content (AvgIpc) is 3.48. The molecule has 4 aromatic rings.